The van der Waals surface area contributed by atoms with E-state index in [1.54, 1.807) is 0 Å². The van der Waals surface area contributed by atoms with Gasteiger partial charge < -0.3 is 0 Å². The van der Waals surface area contributed by atoms with E-state index in [1.165, 1.54) is 21.9 Å². The summed E-state index contributed by atoms with van der Waals surface area (Å²) in [5, 5.41) is 5.83. The molecule has 0 aliphatic heterocycles. The molecule has 7 aromatic carbocycles. The second kappa shape index (κ2) is 11.2. The van der Waals surface area contributed by atoms with Crippen LogP contribution in [0.5, 0.6) is 0 Å². The third-order valence-corrected chi connectivity index (χ3v) is 10.4. The van der Waals surface area contributed by atoms with Gasteiger partial charge in [0.2, 0.25) is 5.95 Å². The maximum Gasteiger partial charge on any atom is 0.235 e. The van der Waals surface area contributed by atoms with Crippen LogP contribution in [0.3, 0.4) is 0 Å². The molecule has 0 aliphatic carbocycles. The van der Waals surface area contributed by atoms with Gasteiger partial charge in [0, 0.05) is 33.3 Å². The summed E-state index contributed by atoms with van der Waals surface area (Å²) in [6, 6.07) is 60.0. The van der Waals surface area contributed by atoms with Gasteiger partial charge in [-0.2, -0.15) is 0 Å². The molecule has 11 aromatic rings. The van der Waals surface area contributed by atoms with Gasteiger partial charge in [-0.15, -0.1) is 0 Å². The lowest BCUT2D eigenvalue weighted by Gasteiger charge is -2.12. The van der Waals surface area contributed by atoms with E-state index in [4.69, 9.17) is 15.0 Å². The number of rotatable bonds is 4. The first-order valence-corrected chi connectivity index (χ1v) is 17.5. The number of pyridine rings is 1. The molecule has 0 fully saturated rings. The van der Waals surface area contributed by atoms with Crippen molar-refractivity contribution < 1.29 is 0 Å². The highest BCUT2D eigenvalue weighted by Crippen LogP contribution is 2.39. The Bertz CT molecular complexity index is 3170. The van der Waals surface area contributed by atoms with Crippen molar-refractivity contribution in [3.63, 3.8) is 0 Å². The highest BCUT2D eigenvalue weighted by atomic mass is 15.2. The van der Waals surface area contributed by atoms with Crippen LogP contribution in [0, 0.1) is 0 Å². The molecular formula is C47H29N5. The molecule has 4 aromatic heterocycles. The highest BCUT2D eigenvalue weighted by Gasteiger charge is 2.19. The molecule has 0 unspecified atom stereocenters. The number of nitrogens with zero attached hydrogens (tertiary/aromatic N) is 5. The van der Waals surface area contributed by atoms with Crippen molar-refractivity contribution in [3.8, 4) is 39.5 Å². The van der Waals surface area contributed by atoms with Crippen molar-refractivity contribution in [1.29, 1.82) is 0 Å². The third-order valence-electron chi connectivity index (χ3n) is 10.4. The second-order valence-electron chi connectivity index (χ2n) is 13.3. The minimum atomic E-state index is 0.633. The van der Waals surface area contributed by atoms with Gasteiger partial charge in [0.15, 0.2) is 0 Å². The molecule has 5 heteroatoms. The lowest BCUT2D eigenvalue weighted by molar-refractivity contribution is 0.992. The van der Waals surface area contributed by atoms with E-state index in [0.29, 0.717) is 5.95 Å². The highest BCUT2D eigenvalue weighted by molar-refractivity contribution is 6.20. The number of aromatic nitrogens is 5. The molecule has 0 aliphatic rings. The first-order chi connectivity index (χ1) is 25.8. The van der Waals surface area contributed by atoms with E-state index >= 15 is 0 Å². The number of hydrogen-bond acceptors (Lipinski definition) is 3. The van der Waals surface area contributed by atoms with Crippen molar-refractivity contribution in [1.82, 2.24) is 23.9 Å². The Morgan fingerprint density at radius 3 is 1.85 bits per heavy atom. The number of para-hydroxylation sites is 3. The van der Waals surface area contributed by atoms with Crippen LogP contribution in [-0.4, -0.2) is 23.9 Å². The van der Waals surface area contributed by atoms with E-state index in [2.05, 4.69) is 167 Å². The summed E-state index contributed by atoms with van der Waals surface area (Å²) in [6.45, 7) is 0. The standard InChI is InChI=1S/C47H29N5/c1-2-11-30(12-3-1)31-21-23-32(24-22-31)33-13-10-14-34(27-33)40-25-26-48-47(50-40)52-42-19-8-6-16-36(42)39-28-38-35-15-4-5-17-37(35)46-49-41-18-7-9-20-43(41)51(46)44(38)29-45(39)52/h1-29H. The monoisotopic (exact) mass is 663 g/mol. The Labute approximate surface area is 298 Å². The molecule has 0 N–H and O–H groups in total. The van der Waals surface area contributed by atoms with Gasteiger partial charge in [0.1, 0.15) is 5.65 Å². The van der Waals surface area contributed by atoms with E-state index in [9.17, 15) is 0 Å². The third kappa shape index (κ3) is 4.33. The number of fused-ring (bicyclic) bond motifs is 11. The normalized spacial score (nSPS) is 11.8. The average Bonchev–Trinajstić information content (AvgIpc) is 3.77. The first-order valence-electron chi connectivity index (χ1n) is 17.5. The van der Waals surface area contributed by atoms with Gasteiger partial charge >= 0.3 is 0 Å². The van der Waals surface area contributed by atoms with Gasteiger partial charge in [-0.05, 0) is 70.1 Å². The number of benzene rings is 7. The Kier molecular flexibility index (Phi) is 6.18. The molecule has 0 atom stereocenters. The first kappa shape index (κ1) is 28.7. The smallest absolute Gasteiger partial charge is 0.235 e. The van der Waals surface area contributed by atoms with Crippen LogP contribution in [0.15, 0.2) is 176 Å². The fraction of sp³-hybridized carbons (Fsp3) is 0. The topological polar surface area (TPSA) is 48.0 Å². The quantitative estimate of drug-likeness (QED) is 0.176. The van der Waals surface area contributed by atoms with Crippen LogP contribution in [0.2, 0.25) is 0 Å². The van der Waals surface area contributed by atoms with Crippen molar-refractivity contribution in [2.45, 2.75) is 0 Å². The van der Waals surface area contributed by atoms with Crippen molar-refractivity contribution in [2.24, 2.45) is 0 Å². The summed E-state index contributed by atoms with van der Waals surface area (Å²) in [5.41, 5.74) is 12.9. The molecule has 4 heterocycles. The van der Waals surface area contributed by atoms with E-state index < -0.39 is 0 Å². The molecule has 242 valence electrons. The van der Waals surface area contributed by atoms with Crippen LogP contribution in [0.4, 0.5) is 0 Å². The van der Waals surface area contributed by atoms with Gasteiger partial charge in [-0.3, -0.25) is 8.97 Å². The van der Waals surface area contributed by atoms with Crippen LogP contribution < -0.4 is 0 Å². The maximum atomic E-state index is 5.24. The zero-order valence-electron chi connectivity index (χ0n) is 28.0. The summed E-state index contributed by atoms with van der Waals surface area (Å²) >= 11 is 0. The Morgan fingerprint density at radius 2 is 1.00 bits per heavy atom. The Balaban J connectivity index is 1.10. The van der Waals surface area contributed by atoms with Gasteiger partial charge in [-0.25, -0.2) is 15.0 Å². The molecular weight excluding hydrogens is 635 g/mol. The molecule has 0 saturated heterocycles. The summed E-state index contributed by atoms with van der Waals surface area (Å²) in [5.74, 6) is 0.633. The van der Waals surface area contributed by atoms with Crippen molar-refractivity contribution >= 4 is 60.2 Å². The zero-order chi connectivity index (χ0) is 34.2. The fourth-order valence-electron chi connectivity index (χ4n) is 7.94. The molecule has 5 nitrogen and oxygen atoms in total. The largest absolute Gasteiger partial charge is 0.292 e. The predicted molar refractivity (Wildman–Crippen MR) is 214 cm³/mol. The van der Waals surface area contributed by atoms with Crippen LogP contribution >= 0.6 is 0 Å². The van der Waals surface area contributed by atoms with Gasteiger partial charge in [-0.1, -0.05) is 127 Å². The second-order valence-corrected chi connectivity index (χ2v) is 13.3. The maximum absolute atomic E-state index is 5.24. The van der Waals surface area contributed by atoms with E-state index in [0.717, 1.165) is 71.8 Å². The van der Waals surface area contributed by atoms with Gasteiger partial charge in [0.25, 0.3) is 0 Å². The molecule has 52 heavy (non-hydrogen) atoms. The molecule has 0 saturated carbocycles. The van der Waals surface area contributed by atoms with Crippen LogP contribution in [0.1, 0.15) is 0 Å². The molecule has 11 rings (SSSR count). The minimum Gasteiger partial charge on any atom is -0.292 e. The molecule has 0 bridgehead atoms. The minimum absolute atomic E-state index is 0.633. The molecule has 0 amide bonds. The summed E-state index contributed by atoms with van der Waals surface area (Å²) in [7, 11) is 0. The lowest BCUT2D eigenvalue weighted by atomic mass is 9.98. The molecule has 0 radical (unpaired) electrons. The van der Waals surface area contributed by atoms with Crippen molar-refractivity contribution in [2.75, 3.05) is 0 Å². The van der Waals surface area contributed by atoms with E-state index in [-0.39, 0.29) is 0 Å². The summed E-state index contributed by atoms with van der Waals surface area (Å²) in [4.78, 5) is 15.3. The van der Waals surface area contributed by atoms with E-state index in [1.807, 2.05) is 18.3 Å². The summed E-state index contributed by atoms with van der Waals surface area (Å²) in [6.07, 6.45) is 1.87. The Hall–Kier alpha value is -7.11. The van der Waals surface area contributed by atoms with Gasteiger partial charge in [0.05, 0.1) is 33.3 Å². The average molecular weight is 664 g/mol. The van der Waals surface area contributed by atoms with Crippen LogP contribution in [0.25, 0.3) is 99.6 Å². The molecule has 0 spiro atoms. The predicted octanol–water partition coefficient (Wildman–Crippen LogP) is 11.7. The lowest BCUT2D eigenvalue weighted by Crippen LogP contribution is -2.02. The zero-order valence-corrected chi connectivity index (χ0v) is 28.0. The number of imidazole rings is 1. The number of hydrogen-bond donors (Lipinski definition) is 0. The Morgan fingerprint density at radius 1 is 0.365 bits per heavy atom. The van der Waals surface area contributed by atoms with Crippen molar-refractivity contribution in [3.05, 3.63) is 176 Å². The fourth-order valence-corrected chi connectivity index (χ4v) is 7.94. The summed E-state index contributed by atoms with van der Waals surface area (Å²) < 4.78 is 4.52. The van der Waals surface area contributed by atoms with Crippen LogP contribution in [-0.2, 0) is 0 Å². The SMILES string of the molecule is c1ccc(-c2ccc(-c3cccc(-c4ccnc(-n5c6ccccc6c6cc7c8ccccc8c8nc9ccccc9n8c7cc65)n4)c3)cc2)cc1.